The van der Waals surface area contributed by atoms with Crippen molar-refractivity contribution in [3.8, 4) is 28.5 Å². The van der Waals surface area contributed by atoms with Crippen LogP contribution in [-0.4, -0.2) is 23.9 Å². The SMILES string of the molecule is Fc1ccc(-c2cc(-c3ccc(F)cc3)nc(-n3c4ccccc4c4c5c6ccccc6c6nc7ccccc7n6c5ccc43)n2)cc1. The number of hydrogen-bond acceptors (Lipinski definition) is 3. The molecule has 0 N–H and O–H groups in total. The number of benzene rings is 6. The summed E-state index contributed by atoms with van der Waals surface area (Å²) in [5, 5.41) is 5.43. The Balaban J connectivity index is 1.36. The van der Waals surface area contributed by atoms with Crippen LogP contribution >= 0.6 is 0 Å². The Bertz CT molecular complexity index is 2840. The largest absolute Gasteiger partial charge is 0.292 e. The van der Waals surface area contributed by atoms with E-state index in [2.05, 4.69) is 75.7 Å². The number of hydrogen-bond donors (Lipinski definition) is 0. The predicted octanol–water partition coefficient (Wildman–Crippen LogP) is 10.3. The zero-order chi connectivity index (χ0) is 31.9. The highest BCUT2D eigenvalue weighted by atomic mass is 19.1. The summed E-state index contributed by atoms with van der Waals surface area (Å²) < 4.78 is 32.3. The van der Waals surface area contributed by atoms with Gasteiger partial charge in [0.15, 0.2) is 0 Å². The molecule has 4 heterocycles. The van der Waals surface area contributed by atoms with Crippen molar-refractivity contribution >= 4 is 60.2 Å². The van der Waals surface area contributed by atoms with Gasteiger partial charge < -0.3 is 0 Å². The summed E-state index contributed by atoms with van der Waals surface area (Å²) in [6.07, 6.45) is 0. The minimum atomic E-state index is -0.326. The van der Waals surface area contributed by atoms with Gasteiger partial charge >= 0.3 is 0 Å². The second kappa shape index (κ2) is 10.0. The molecule has 226 valence electrons. The van der Waals surface area contributed by atoms with Crippen molar-refractivity contribution in [2.45, 2.75) is 0 Å². The second-order valence-electron chi connectivity index (χ2n) is 12.0. The molecule has 5 nitrogen and oxygen atoms in total. The van der Waals surface area contributed by atoms with Crippen LogP contribution in [0.2, 0.25) is 0 Å². The van der Waals surface area contributed by atoms with Crippen molar-refractivity contribution in [1.82, 2.24) is 23.9 Å². The number of halogens is 2. The minimum Gasteiger partial charge on any atom is -0.292 e. The summed E-state index contributed by atoms with van der Waals surface area (Å²) in [5.41, 5.74) is 8.60. The number of para-hydroxylation sites is 3. The van der Waals surface area contributed by atoms with E-state index in [0.29, 0.717) is 17.3 Å². The number of rotatable bonds is 3. The standard InChI is InChI=1S/C41H23F2N5/c42-26-17-13-24(14-18-26)32-23-33(25-15-19-27(43)20-16-25)46-41(45-32)48-34-11-5-3-9-30(34)39-37(48)22-21-36-38(39)28-7-1-2-8-29(28)40-44-31-10-4-6-12-35(31)47(36)40/h1-23H. The molecular weight excluding hydrogens is 600 g/mol. The predicted molar refractivity (Wildman–Crippen MR) is 188 cm³/mol. The van der Waals surface area contributed by atoms with Crippen LogP contribution in [0.15, 0.2) is 140 Å². The molecule has 0 aliphatic carbocycles. The maximum Gasteiger partial charge on any atom is 0.235 e. The van der Waals surface area contributed by atoms with E-state index in [0.717, 1.165) is 71.3 Å². The van der Waals surface area contributed by atoms with E-state index in [1.165, 1.54) is 24.3 Å². The van der Waals surface area contributed by atoms with Gasteiger partial charge in [0.25, 0.3) is 0 Å². The molecule has 0 radical (unpaired) electrons. The minimum absolute atomic E-state index is 0.326. The first-order valence-corrected chi connectivity index (χ1v) is 15.7. The summed E-state index contributed by atoms with van der Waals surface area (Å²) in [4.78, 5) is 15.2. The third kappa shape index (κ3) is 3.85. The van der Waals surface area contributed by atoms with Crippen LogP contribution in [0.25, 0.3) is 88.6 Å². The molecule has 6 aromatic carbocycles. The van der Waals surface area contributed by atoms with E-state index in [1.54, 1.807) is 24.3 Å². The van der Waals surface area contributed by atoms with E-state index in [9.17, 15) is 8.78 Å². The van der Waals surface area contributed by atoms with Crippen LogP contribution < -0.4 is 0 Å². The summed E-state index contributed by atoms with van der Waals surface area (Å²) in [6, 6.07) is 43.7. The lowest BCUT2D eigenvalue weighted by Crippen LogP contribution is -2.04. The summed E-state index contributed by atoms with van der Waals surface area (Å²) >= 11 is 0. The van der Waals surface area contributed by atoms with Gasteiger partial charge in [-0.25, -0.2) is 23.7 Å². The molecule has 0 unspecified atom stereocenters. The maximum atomic E-state index is 14.0. The summed E-state index contributed by atoms with van der Waals surface area (Å²) in [7, 11) is 0. The molecule has 7 heteroatoms. The van der Waals surface area contributed by atoms with Crippen molar-refractivity contribution < 1.29 is 8.78 Å². The monoisotopic (exact) mass is 623 g/mol. The molecule has 0 aliphatic heterocycles. The first-order chi connectivity index (χ1) is 23.6. The van der Waals surface area contributed by atoms with E-state index in [4.69, 9.17) is 15.0 Å². The van der Waals surface area contributed by atoms with E-state index >= 15 is 0 Å². The molecule has 0 saturated heterocycles. The Labute approximate surface area is 272 Å². The molecule has 0 atom stereocenters. The number of nitrogens with zero attached hydrogens (tertiary/aromatic N) is 5. The van der Waals surface area contributed by atoms with Crippen molar-refractivity contribution in [3.63, 3.8) is 0 Å². The highest BCUT2D eigenvalue weighted by Crippen LogP contribution is 2.41. The Morgan fingerprint density at radius 3 is 1.67 bits per heavy atom. The number of imidazole rings is 1. The van der Waals surface area contributed by atoms with Gasteiger partial charge in [-0.2, -0.15) is 0 Å². The van der Waals surface area contributed by atoms with Gasteiger partial charge in [-0.05, 0) is 90.3 Å². The van der Waals surface area contributed by atoms with Crippen LogP contribution in [0.4, 0.5) is 8.78 Å². The molecule has 0 fully saturated rings. The van der Waals surface area contributed by atoms with Crippen LogP contribution in [-0.2, 0) is 0 Å². The Hall–Kier alpha value is -6.47. The fourth-order valence-corrected chi connectivity index (χ4v) is 7.14. The summed E-state index contributed by atoms with van der Waals surface area (Å²) in [5.74, 6) is -0.193. The van der Waals surface area contributed by atoms with Gasteiger partial charge in [-0.1, -0.05) is 54.6 Å². The Morgan fingerprint density at radius 2 is 0.979 bits per heavy atom. The van der Waals surface area contributed by atoms with Crippen LogP contribution in [0.3, 0.4) is 0 Å². The fraction of sp³-hybridized carbons (Fsp3) is 0. The van der Waals surface area contributed by atoms with Gasteiger partial charge in [-0.15, -0.1) is 0 Å². The van der Waals surface area contributed by atoms with Crippen molar-refractivity contribution in [2.75, 3.05) is 0 Å². The highest BCUT2D eigenvalue weighted by molar-refractivity contribution is 6.29. The number of pyridine rings is 1. The molecule has 0 bridgehead atoms. The molecule has 0 spiro atoms. The van der Waals surface area contributed by atoms with Gasteiger partial charge in [0.05, 0.1) is 39.0 Å². The maximum absolute atomic E-state index is 14.0. The molecule has 0 aliphatic rings. The third-order valence-electron chi connectivity index (χ3n) is 9.25. The van der Waals surface area contributed by atoms with Crippen LogP contribution in [0.1, 0.15) is 0 Å². The Morgan fingerprint density at radius 1 is 0.438 bits per heavy atom. The quantitative estimate of drug-likeness (QED) is 0.184. The summed E-state index contributed by atoms with van der Waals surface area (Å²) in [6.45, 7) is 0. The van der Waals surface area contributed by atoms with E-state index in [1.807, 2.05) is 24.3 Å². The molecular formula is C41H23F2N5. The van der Waals surface area contributed by atoms with E-state index in [-0.39, 0.29) is 11.6 Å². The topological polar surface area (TPSA) is 48.0 Å². The molecule has 10 rings (SSSR count). The third-order valence-corrected chi connectivity index (χ3v) is 9.25. The lowest BCUT2D eigenvalue weighted by molar-refractivity contribution is 0.627. The lowest BCUT2D eigenvalue weighted by Gasteiger charge is -2.13. The number of aromatic nitrogens is 5. The number of fused-ring (bicyclic) bond motifs is 12. The lowest BCUT2D eigenvalue weighted by atomic mass is 10.0. The van der Waals surface area contributed by atoms with Crippen LogP contribution in [0, 0.1) is 11.6 Å². The van der Waals surface area contributed by atoms with Crippen molar-refractivity contribution in [1.29, 1.82) is 0 Å². The second-order valence-corrected chi connectivity index (χ2v) is 12.0. The average molecular weight is 624 g/mol. The first kappa shape index (κ1) is 26.7. The van der Waals surface area contributed by atoms with Gasteiger partial charge in [-0.3, -0.25) is 8.97 Å². The molecule has 0 amide bonds. The smallest absolute Gasteiger partial charge is 0.235 e. The van der Waals surface area contributed by atoms with Gasteiger partial charge in [0.2, 0.25) is 5.95 Å². The van der Waals surface area contributed by atoms with E-state index < -0.39 is 0 Å². The normalized spacial score (nSPS) is 12.0. The zero-order valence-corrected chi connectivity index (χ0v) is 25.3. The Kier molecular flexibility index (Phi) is 5.57. The fourth-order valence-electron chi connectivity index (χ4n) is 7.14. The average Bonchev–Trinajstić information content (AvgIpc) is 3.69. The van der Waals surface area contributed by atoms with Gasteiger partial charge in [0.1, 0.15) is 17.3 Å². The molecule has 10 aromatic rings. The molecule has 4 aromatic heterocycles. The molecule has 48 heavy (non-hydrogen) atoms. The first-order valence-electron chi connectivity index (χ1n) is 15.7. The van der Waals surface area contributed by atoms with Crippen molar-refractivity contribution in [2.24, 2.45) is 0 Å². The zero-order valence-electron chi connectivity index (χ0n) is 25.3. The van der Waals surface area contributed by atoms with Crippen LogP contribution in [0.5, 0.6) is 0 Å². The van der Waals surface area contributed by atoms with Gasteiger partial charge in [0, 0.05) is 32.7 Å². The molecule has 0 saturated carbocycles. The highest BCUT2D eigenvalue weighted by Gasteiger charge is 2.22. The van der Waals surface area contributed by atoms with Crippen molar-refractivity contribution in [3.05, 3.63) is 151 Å².